The molecule has 2 aromatic rings. The molecule has 3 amide bonds. The van der Waals surface area contributed by atoms with Gasteiger partial charge in [-0.25, -0.2) is 4.79 Å². The van der Waals surface area contributed by atoms with Gasteiger partial charge in [0.15, 0.2) is 0 Å². The number of hydrogen-bond donors (Lipinski definition) is 2. The first-order valence-electron chi connectivity index (χ1n) is 7.68. The van der Waals surface area contributed by atoms with Crippen LogP contribution in [0.1, 0.15) is 10.5 Å². The molecule has 25 heavy (non-hydrogen) atoms. The highest BCUT2D eigenvalue weighted by Gasteiger charge is 2.32. The number of nitrogens with two attached hydrogens (primary N) is 1. The maximum absolute atomic E-state index is 12.2. The highest BCUT2D eigenvalue weighted by atomic mass is 16.5. The maximum Gasteiger partial charge on any atom is 0.322 e. The fourth-order valence-electron chi connectivity index (χ4n) is 2.43. The summed E-state index contributed by atoms with van der Waals surface area (Å²) in [5.74, 6) is 0.482. The lowest BCUT2D eigenvalue weighted by molar-refractivity contribution is 0.0491. The fourth-order valence-corrected chi connectivity index (χ4v) is 2.43. The summed E-state index contributed by atoms with van der Waals surface area (Å²) in [6.45, 7) is 0.879. The van der Waals surface area contributed by atoms with E-state index in [-0.39, 0.29) is 17.8 Å². The largest absolute Gasteiger partial charge is 0.495 e. The van der Waals surface area contributed by atoms with E-state index >= 15 is 0 Å². The number of rotatable bonds is 5. The number of ether oxygens (including phenoxy) is 2. The number of para-hydroxylation sites is 2. The number of urea groups is 1. The van der Waals surface area contributed by atoms with E-state index in [1.807, 2.05) is 12.1 Å². The molecule has 3 N–H and O–H groups in total. The third-order valence-corrected chi connectivity index (χ3v) is 3.77. The highest BCUT2D eigenvalue weighted by molar-refractivity contribution is 5.92. The van der Waals surface area contributed by atoms with Gasteiger partial charge in [-0.15, -0.1) is 0 Å². The molecule has 1 aliphatic heterocycles. The number of likely N-dealkylation sites (tertiary alicyclic amines) is 1. The zero-order valence-electron chi connectivity index (χ0n) is 13.6. The smallest absolute Gasteiger partial charge is 0.322 e. The molecule has 2 heterocycles. The number of nitrogens with zero attached hydrogens (tertiary/aromatic N) is 2. The Kier molecular flexibility index (Phi) is 4.69. The normalized spacial score (nSPS) is 13.7. The first kappa shape index (κ1) is 16.6. The Morgan fingerprint density at radius 2 is 2.04 bits per heavy atom. The SMILES string of the molecule is COc1ccccc1NC(=O)N1CC(Oc2ccnc(C(N)=O)c2)C1. The Labute approximate surface area is 144 Å². The van der Waals surface area contributed by atoms with Gasteiger partial charge >= 0.3 is 6.03 Å². The van der Waals surface area contributed by atoms with Gasteiger partial charge in [-0.05, 0) is 18.2 Å². The van der Waals surface area contributed by atoms with Crippen molar-refractivity contribution in [2.75, 3.05) is 25.5 Å². The van der Waals surface area contributed by atoms with Crippen LogP contribution in [0.25, 0.3) is 0 Å². The standard InChI is InChI=1S/C17H18N4O4/c1-24-15-5-3-2-4-13(15)20-17(23)21-9-12(10-21)25-11-6-7-19-14(8-11)16(18)22/h2-8,12H,9-10H2,1H3,(H2,18,22)(H,20,23). The minimum absolute atomic E-state index is 0.141. The van der Waals surface area contributed by atoms with Crippen LogP contribution in [0.15, 0.2) is 42.6 Å². The Balaban J connectivity index is 1.53. The molecule has 3 rings (SSSR count). The van der Waals surface area contributed by atoms with Crippen molar-refractivity contribution in [2.45, 2.75) is 6.10 Å². The first-order valence-corrected chi connectivity index (χ1v) is 7.68. The van der Waals surface area contributed by atoms with Gasteiger partial charge in [-0.1, -0.05) is 12.1 Å². The van der Waals surface area contributed by atoms with Gasteiger partial charge in [-0.2, -0.15) is 0 Å². The van der Waals surface area contributed by atoms with E-state index in [9.17, 15) is 9.59 Å². The topological polar surface area (TPSA) is 107 Å². The van der Waals surface area contributed by atoms with Crippen LogP contribution in [0.3, 0.4) is 0 Å². The van der Waals surface area contributed by atoms with E-state index in [2.05, 4.69) is 10.3 Å². The second-order valence-corrected chi connectivity index (χ2v) is 5.52. The number of amides is 3. The van der Waals surface area contributed by atoms with Gasteiger partial charge in [0.2, 0.25) is 0 Å². The maximum atomic E-state index is 12.2. The van der Waals surface area contributed by atoms with Gasteiger partial charge in [0.05, 0.1) is 25.9 Å². The number of benzene rings is 1. The zero-order valence-corrected chi connectivity index (χ0v) is 13.6. The van der Waals surface area contributed by atoms with Crippen LogP contribution in [0.4, 0.5) is 10.5 Å². The number of methoxy groups -OCH3 is 1. The second-order valence-electron chi connectivity index (χ2n) is 5.52. The van der Waals surface area contributed by atoms with E-state index in [0.717, 1.165) is 0 Å². The molecule has 0 bridgehead atoms. The van der Waals surface area contributed by atoms with Gasteiger partial charge in [0, 0.05) is 12.3 Å². The molecule has 0 unspecified atom stereocenters. The summed E-state index contributed by atoms with van der Waals surface area (Å²) in [5.41, 5.74) is 5.94. The number of carbonyl (C=O) groups is 2. The second kappa shape index (κ2) is 7.08. The van der Waals surface area contributed by atoms with Crippen LogP contribution in [0, 0.1) is 0 Å². The summed E-state index contributed by atoms with van der Waals surface area (Å²) in [6.07, 6.45) is 1.31. The molecule has 0 aliphatic carbocycles. The van der Waals surface area contributed by atoms with Gasteiger partial charge in [-0.3, -0.25) is 9.78 Å². The number of anilines is 1. The number of hydrogen-bond acceptors (Lipinski definition) is 5. The zero-order chi connectivity index (χ0) is 17.8. The number of aromatic nitrogens is 1. The number of primary amides is 1. The van der Waals surface area contributed by atoms with Crippen LogP contribution in [-0.4, -0.2) is 48.1 Å². The molecule has 1 saturated heterocycles. The molecule has 0 saturated carbocycles. The lowest BCUT2D eigenvalue weighted by atomic mass is 10.2. The average molecular weight is 342 g/mol. The highest BCUT2D eigenvalue weighted by Crippen LogP contribution is 2.25. The van der Waals surface area contributed by atoms with E-state index < -0.39 is 5.91 Å². The lowest BCUT2D eigenvalue weighted by Gasteiger charge is -2.38. The number of nitrogens with one attached hydrogen (secondary N) is 1. The molecule has 0 radical (unpaired) electrons. The van der Waals surface area contributed by atoms with Crippen LogP contribution in [0.2, 0.25) is 0 Å². The Hall–Kier alpha value is -3.29. The molecule has 1 aliphatic rings. The van der Waals surface area contributed by atoms with Gasteiger partial charge in [0.1, 0.15) is 23.3 Å². The van der Waals surface area contributed by atoms with Crippen LogP contribution in [-0.2, 0) is 0 Å². The van der Waals surface area contributed by atoms with Crippen LogP contribution in [0.5, 0.6) is 11.5 Å². The van der Waals surface area contributed by atoms with Crippen molar-refractivity contribution in [3.8, 4) is 11.5 Å². The van der Waals surface area contributed by atoms with E-state index in [0.29, 0.717) is 30.3 Å². The fraction of sp³-hybridized carbons (Fsp3) is 0.235. The molecule has 130 valence electrons. The van der Waals surface area contributed by atoms with Crippen molar-refractivity contribution >= 4 is 17.6 Å². The summed E-state index contributed by atoms with van der Waals surface area (Å²) in [6, 6.07) is 10.1. The van der Waals surface area contributed by atoms with Crippen molar-refractivity contribution in [3.05, 3.63) is 48.3 Å². The molecule has 0 spiro atoms. The van der Waals surface area contributed by atoms with E-state index in [1.165, 1.54) is 12.3 Å². The van der Waals surface area contributed by atoms with Crippen molar-refractivity contribution in [1.82, 2.24) is 9.88 Å². The number of pyridine rings is 1. The molecule has 8 heteroatoms. The first-order chi connectivity index (χ1) is 12.1. The van der Waals surface area contributed by atoms with E-state index in [4.69, 9.17) is 15.2 Å². The summed E-state index contributed by atoms with van der Waals surface area (Å²) in [7, 11) is 1.55. The predicted molar refractivity (Wildman–Crippen MR) is 90.8 cm³/mol. The molecule has 1 aromatic heterocycles. The molecule has 1 aromatic carbocycles. The monoisotopic (exact) mass is 342 g/mol. The summed E-state index contributed by atoms with van der Waals surface area (Å²) in [4.78, 5) is 28.8. The van der Waals surface area contributed by atoms with Gasteiger partial charge in [0.25, 0.3) is 5.91 Å². The van der Waals surface area contributed by atoms with Gasteiger partial charge < -0.3 is 25.4 Å². The third kappa shape index (κ3) is 3.79. The van der Waals surface area contributed by atoms with Crippen LogP contribution >= 0.6 is 0 Å². The molecular weight excluding hydrogens is 324 g/mol. The van der Waals surface area contributed by atoms with Crippen molar-refractivity contribution in [2.24, 2.45) is 5.73 Å². The molecule has 1 fully saturated rings. The Morgan fingerprint density at radius 3 is 2.76 bits per heavy atom. The summed E-state index contributed by atoms with van der Waals surface area (Å²) >= 11 is 0. The number of carbonyl (C=O) groups excluding carboxylic acids is 2. The molecule has 8 nitrogen and oxygen atoms in total. The predicted octanol–water partition coefficient (Wildman–Crippen LogP) is 1.48. The Bertz CT molecular complexity index is 790. The van der Waals surface area contributed by atoms with Crippen LogP contribution < -0.4 is 20.5 Å². The third-order valence-electron chi connectivity index (χ3n) is 3.77. The van der Waals surface area contributed by atoms with Crippen molar-refractivity contribution < 1.29 is 19.1 Å². The minimum Gasteiger partial charge on any atom is -0.495 e. The van der Waals surface area contributed by atoms with E-state index in [1.54, 1.807) is 30.2 Å². The molecular formula is C17H18N4O4. The summed E-state index contributed by atoms with van der Waals surface area (Å²) in [5, 5.41) is 2.81. The quantitative estimate of drug-likeness (QED) is 0.856. The average Bonchev–Trinajstić information content (AvgIpc) is 2.58. The lowest BCUT2D eigenvalue weighted by Crippen LogP contribution is -2.57. The van der Waals surface area contributed by atoms with Crippen molar-refractivity contribution in [3.63, 3.8) is 0 Å². The molecule has 0 atom stereocenters. The Morgan fingerprint density at radius 1 is 1.28 bits per heavy atom. The summed E-state index contributed by atoms with van der Waals surface area (Å²) < 4.78 is 10.9. The minimum atomic E-state index is -0.614. The van der Waals surface area contributed by atoms with Crippen molar-refractivity contribution in [1.29, 1.82) is 0 Å².